The molecule has 3 atom stereocenters. The zero-order valence-electron chi connectivity index (χ0n) is 12.4. The molecule has 1 aromatic carbocycles. The van der Waals surface area contributed by atoms with Gasteiger partial charge in [-0.3, -0.25) is 4.79 Å². The Morgan fingerprint density at radius 2 is 2.26 bits per heavy atom. The molecule has 120 valence electrons. The average Bonchev–Trinajstić information content (AvgIpc) is 3.22. The summed E-state index contributed by atoms with van der Waals surface area (Å²) in [5, 5.41) is 5.18. The van der Waals surface area contributed by atoms with Gasteiger partial charge in [0, 0.05) is 16.3 Å². The molecule has 0 aliphatic heterocycles. The number of nitrogens with one attached hydrogen (secondary N) is 1. The molecule has 0 spiro atoms. The maximum absolute atomic E-state index is 13.3. The summed E-state index contributed by atoms with van der Waals surface area (Å²) in [4.78, 5) is 12.6. The monoisotopic (exact) mass is 350 g/mol. The summed E-state index contributed by atoms with van der Waals surface area (Å²) in [5.41, 5.74) is 2.56. The molecule has 1 N–H and O–H groups in total. The topological polar surface area (TPSA) is 41.5 Å². The number of nitrogens with zero attached hydrogens (tertiary/aromatic N) is 1. The van der Waals surface area contributed by atoms with E-state index < -0.39 is 0 Å². The first kappa shape index (κ1) is 15.1. The zero-order chi connectivity index (χ0) is 16.0. The third-order valence-electron chi connectivity index (χ3n) is 5.02. The van der Waals surface area contributed by atoms with Gasteiger partial charge in [0.25, 0.3) is 5.91 Å². The summed E-state index contributed by atoms with van der Waals surface area (Å²) >= 11 is 7.42. The number of amides is 1. The van der Waals surface area contributed by atoms with E-state index in [1.54, 1.807) is 6.07 Å². The third-order valence-corrected chi connectivity index (χ3v) is 6.68. The van der Waals surface area contributed by atoms with Gasteiger partial charge < -0.3 is 0 Å². The maximum atomic E-state index is 13.3. The molecule has 2 aromatic rings. The number of benzene rings is 1. The molecule has 23 heavy (non-hydrogen) atoms. The van der Waals surface area contributed by atoms with Crippen LogP contribution in [0.1, 0.15) is 35.4 Å². The van der Waals surface area contributed by atoms with E-state index in [0.717, 1.165) is 11.8 Å². The number of hydrogen-bond acceptors (Lipinski definition) is 3. The van der Waals surface area contributed by atoms with Gasteiger partial charge in [-0.2, -0.15) is 5.10 Å². The molecule has 0 unspecified atom stereocenters. The molecule has 1 heterocycles. The summed E-state index contributed by atoms with van der Waals surface area (Å²) in [6.07, 6.45) is 6.99. The lowest BCUT2D eigenvalue weighted by Gasteiger charge is -2.16. The molecule has 2 fully saturated rings. The number of hydrogen-bond donors (Lipinski definition) is 1. The fourth-order valence-corrected chi connectivity index (χ4v) is 5.34. The first-order valence-corrected chi connectivity index (χ1v) is 9.02. The van der Waals surface area contributed by atoms with Crippen molar-refractivity contribution >= 4 is 45.1 Å². The molecule has 2 saturated carbocycles. The van der Waals surface area contributed by atoms with Crippen LogP contribution in [0.3, 0.4) is 0 Å². The molecule has 2 aliphatic rings. The SMILES string of the molecule is O=C(N/N=C\[C@H]1C[C@@H]2CC[C@H]1C2)c1sc2cc(F)ccc2c1Cl. The summed E-state index contributed by atoms with van der Waals surface area (Å²) in [6.45, 7) is 0. The minimum atomic E-state index is -0.337. The molecule has 6 heteroatoms. The highest BCUT2D eigenvalue weighted by Gasteiger charge is 2.38. The van der Waals surface area contributed by atoms with Crippen molar-refractivity contribution in [3.63, 3.8) is 0 Å². The van der Waals surface area contributed by atoms with Crippen LogP contribution in [0.15, 0.2) is 23.3 Å². The number of thiophene rings is 1. The Morgan fingerprint density at radius 1 is 1.39 bits per heavy atom. The van der Waals surface area contributed by atoms with E-state index in [9.17, 15) is 9.18 Å². The third kappa shape index (κ3) is 2.76. The molecule has 0 saturated heterocycles. The van der Waals surface area contributed by atoms with E-state index in [2.05, 4.69) is 10.5 Å². The quantitative estimate of drug-likeness (QED) is 0.624. The molecule has 1 aromatic heterocycles. The highest BCUT2D eigenvalue weighted by Crippen LogP contribution is 2.47. The second-order valence-corrected chi connectivity index (χ2v) is 7.87. The Kier molecular flexibility index (Phi) is 3.85. The van der Waals surface area contributed by atoms with Gasteiger partial charge in [0.15, 0.2) is 0 Å². The van der Waals surface area contributed by atoms with Crippen molar-refractivity contribution in [2.45, 2.75) is 25.7 Å². The molecule has 0 radical (unpaired) electrons. The molecular weight excluding hydrogens is 335 g/mol. The Bertz CT molecular complexity index is 803. The van der Waals surface area contributed by atoms with Crippen molar-refractivity contribution in [3.05, 3.63) is 33.9 Å². The highest BCUT2D eigenvalue weighted by molar-refractivity contribution is 7.21. The van der Waals surface area contributed by atoms with E-state index in [0.29, 0.717) is 25.9 Å². The minimum absolute atomic E-state index is 0.336. The number of halogens is 2. The van der Waals surface area contributed by atoms with Crippen LogP contribution < -0.4 is 5.43 Å². The second kappa shape index (κ2) is 5.87. The van der Waals surface area contributed by atoms with Crippen LogP contribution in [0, 0.1) is 23.6 Å². The molecular formula is C17H16ClFN2OS. The summed E-state index contributed by atoms with van der Waals surface area (Å²) in [6, 6.07) is 4.33. The number of carbonyl (C=O) groups excluding carboxylic acids is 1. The smallest absolute Gasteiger partial charge is 0.266 e. The predicted molar refractivity (Wildman–Crippen MR) is 91.7 cm³/mol. The van der Waals surface area contributed by atoms with Gasteiger partial charge in [0.1, 0.15) is 10.7 Å². The van der Waals surface area contributed by atoms with Gasteiger partial charge in [-0.05, 0) is 55.2 Å². The Morgan fingerprint density at radius 3 is 3.00 bits per heavy atom. The van der Waals surface area contributed by atoms with E-state index in [1.165, 1.54) is 49.2 Å². The standard InChI is InChI=1S/C17H16ClFN2OS/c18-15-13-4-3-12(19)7-14(13)23-16(15)17(22)21-20-8-11-6-9-1-2-10(11)5-9/h3-4,7-11H,1-2,5-6H2,(H,21,22)/b20-8-/t9-,10+,11-/m1/s1. The minimum Gasteiger partial charge on any atom is -0.266 e. The van der Waals surface area contributed by atoms with E-state index in [4.69, 9.17) is 11.6 Å². The lowest BCUT2D eigenvalue weighted by atomic mass is 9.90. The predicted octanol–water partition coefficient (Wildman–Crippen LogP) is 4.85. The fourth-order valence-electron chi connectivity index (χ4n) is 3.90. The Balaban J connectivity index is 1.48. The van der Waals surface area contributed by atoms with Crippen molar-refractivity contribution in [3.8, 4) is 0 Å². The number of hydrazone groups is 1. The Hall–Kier alpha value is -1.46. The van der Waals surface area contributed by atoms with Gasteiger partial charge in [0.2, 0.25) is 0 Å². The molecule has 3 nitrogen and oxygen atoms in total. The van der Waals surface area contributed by atoms with Crippen LogP contribution in [0.25, 0.3) is 10.1 Å². The second-order valence-electron chi connectivity index (χ2n) is 6.44. The van der Waals surface area contributed by atoms with Crippen molar-refractivity contribution < 1.29 is 9.18 Å². The lowest BCUT2D eigenvalue weighted by molar-refractivity contribution is 0.0959. The van der Waals surface area contributed by atoms with Crippen LogP contribution in [0.2, 0.25) is 5.02 Å². The highest BCUT2D eigenvalue weighted by atomic mass is 35.5. The normalized spacial score (nSPS) is 26.4. The fraction of sp³-hybridized carbons (Fsp3) is 0.412. The Labute approximate surface area is 142 Å². The summed E-state index contributed by atoms with van der Waals surface area (Å²) in [5.74, 6) is 1.39. The molecule has 2 aliphatic carbocycles. The number of rotatable bonds is 3. The molecule has 4 rings (SSSR count). The first-order chi connectivity index (χ1) is 11.1. The van der Waals surface area contributed by atoms with E-state index in [1.807, 2.05) is 6.21 Å². The van der Waals surface area contributed by atoms with Crippen molar-refractivity contribution in [1.29, 1.82) is 0 Å². The number of fused-ring (bicyclic) bond motifs is 3. The lowest BCUT2D eigenvalue weighted by Crippen LogP contribution is -2.19. The van der Waals surface area contributed by atoms with Crippen LogP contribution in [-0.4, -0.2) is 12.1 Å². The van der Waals surface area contributed by atoms with Crippen molar-refractivity contribution in [1.82, 2.24) is 5.43 Å². The van der Waals surface area contributed by atoms with Gasteiger partial charge in [-0.25, -0.2) is 9.82 Å². The van der Waals surface area contributed by atoms with Gasteiger partial charge in [-0.1, -0.05) is 18.0 Å². The zero-order valence-corrected chi connectivity index (χ0v) is 14.0. The van der Waals surface area contributed by atoms with E-state index >= 15 is 0 Å². The largest absolute Gasteiger partial charge is 0.282 e. The van der Waals surface area contributed by atoms with Crippen LogP contribution >= 0.6 is 22.9 Å². The average molecular weight is 351 g/mol. The van der Waals surface area contributed by atoms with Crippen LogP contribution in [0.4, 0.5) is 4.39 Å². The molecule has 1 amide bonds. The number of carbonyl (C=O) groups is 1. The summed E-state index contributed by atoms with van der Waals surface area (Å²) in [7, 11) is 0. The van der Waals surface area contributed by atoms with Gasteiger partial charge in [0.05, 0.1) is 5.02 Å². The molecule has 2 bridgehead atoms. The van der Waals surface area contributed by atoms with Crippen molar-refractivity contribution in [2.75, 3.05) is 0 Å². The van der Waals surface area contributed by atoms with Gasteiger partial charge in [-0.15, -0.1) is 11.3 Å². The summed E-state index contributed by atoms with van der Waals surface area (Å²) < 4.78 is 13.9. The van der Waals surface area contributed by atoms with E-state index in [-0.39, 0.29) is 11.7 Å². The van der Waals surface area contributed by atoms with Gasteiger partial charge >= 0.3 is 0 Å². The van der Waals surface area contributed by atoms with Crippen molar-refractivity contribution in [2.24, 2.45) is 22.9 Å². The first-order valence-electron chi connectivity index (χ1n) is 7.83. The van der Waals surface area contributed by atoms with Crippen LogP contribution in [0.5, 0.6) is 0 Å². The van der Waals surface area contributed by atoms with Crippen LogP contribution in [-0.2, 0) is 0 Å². The maximum Gasteiger partial charge on any atom is 0.282 e.